The molecule has 0 amide bonds. The van der Waals surface area contributed by atoms with Crippen molar-refractivity contribution in [1.29, 1.82) is 0 Å². The molecule has 1 spiro atoms. The first kappa shape index (κ1) is 17.3. The molecule has 0 aromatic heterocycles. The van der Waals surface area contributed by atoms with Crippen molar-refractivity contribution in [1.82, 2.24) is 0 Å². The quantitative estimate of drug-likeness (QED) is 0.260. The van der Waals surface area contributed by atoms with Gasteiger partial charge in [-0.05, 0) is 0 Å². The van der Waals surface area contributed by atoms with Crippen molar-refractivity contribution >= 4 is 35.8 Å². The molecule has 0 aromatic rings. The van der Waals surface area contributed by atoms with E-state index in [0.29, 0.717) is 0 Å². The van der Waals surface area contributed by atoms with E-state index in [2.05, 4.69) is 18.9 Å². The van der Waals surface area contributed by atoms with Crippen molar-refractivity contribution in [2.75, 3.05) is 0 Å². The van der Waals surface area contributed by atoms with Gasteiger partial charge in [-0.25, -0.2) is 28.8 Å². The van der Waals surface area contributed by atoms with E-state index in [9.17, 15) is 19.2 Å². The summed E-state index contributed by atoms with van der Waals surface area (Å²) in [5, 5.41) is 14.8. The zero-order chi connectivity index (χ0) is 14.8. The number of rotatable bonds is 0. The van der Waals surface area contributed by atoms with Crippen LogP contribution in [0.1, 0.15) is 0 Å². The first-order chi connectivity index (χ1) is 8.67. The molecular weight excluding hydrogens is 331 g/mol. The van der Waals surface area contributed by atoms with E-state index in [1.807, 2.05) is 0 Å². The van der Waals surface area contributed by atoms with Crippen molar-refractivity contribution in [2.24, 2.45) is 0 Å². The van der Waals surface area contributed by atoms with Gasteiger partial charge in [-0.1, -0.05) is 0 Å². The molecule has 2 N–H and O–H groups in total. The number of ether oxygens (including phenoxy) is 4. The Balaban J connectivity index is 0.000000448. The topological polar surface area (TPSA) is 180 Å². The SMILES string of the molecule is O=C(O)C(=O)O.O=C1OC2(OC1=O)OC(=O)C(=O)O2.[Mn]. The maximum absolute atomic E-state index is 10.5. The van der Waals surface area contributed by atoms with Gasteiger partial charge in [-0.15, -0.1) is 0 Å². The number of carbonyl (C=O) groups excluding carboxylic acids is 4. The van der Waals surface area contributed by atoms with Gasteiger partial charge in [0, 0.05) is 17.1 Å². The van der Waals surface area contributed by atoms with Gasteiger partial charge in [-0.2, -0.15) is 0 Å². The van der Waals surface area contributed by atoms with Gasteiger partial charge >= 0.3 is 42.0 Å². The van der Waals surface area contributed by atoms with E-state index in [4.69, 9.17) is 19.8 Å². The summed E-state index contributed by atoms with van der Waals surface area (Å²) in [6.45, 7) is 0. The molecule has 2 aliphatic rings. The molecule has 13 heteroatoms. The molecule has 2 saturated heterocycles. The zero-order valence-electron chi connectivity index (χ0n) is 8.85. The molecule has 2 heterocycles. The van der Waals surface area contributed by atoms with Crippen LogP contribution in [0.4, 0.5) is 0 Å². The molecule has 2 fully saturated rings. The molecule has 12 nitrogen and oxygen atoms in total. The Morgan fingerprint density at radius 3 is 1.05 bits per heavy atom. The van der Waals surface area contributed by atoms with Crippen LogP contribution < -0.4 is 0 Å². The van der Waals surface area contributed by atoms with Gasteiger partial charge in [0.05, 0.1) is 0 Å². The van der Waals surface area contributed by atoms with E-state index in [1.54, 1.807) is 0 Å². The molecule has 2 aliphatic heterocycles. The van der Waals surface area contributed by atoms with Crippen LogP contribution >= 0.6 is 0 Å². The number of carboxylic acid groups (broad SMARTS) is 2. The molecule has 109 valence electrons. The molecule has 1 radical (unpaired) electrons. The third-order valence-corrected chi connectivity index (χ3v) is 1.39. The van der Waals surface area contributed by atoms with E-state index in [0.717, 1.165) is 0 Å². The van der Waals surface area contributed by atoms with Gasteiger partial charge in [0.15, 0.2) is 0 Å². The number of aliphatic carboxylic acids is 2. The monoisotopic (exact) mass is 333 g/mol. The maximum atomic E-state index is 10.5. The Kier molecular flexibility index (Phi) is 5.19. The first-order valence-electron chi connectivity index (χ1n) is 4.05. The summed E-state index contributed by atoms with van der Waals surface area (Å²) in [4.78, 5) is 60.1. The van der Waals surface area contributed by atoms with Gasteiger partial charge in [-0.3, -0.25) is 0 Å². The normalized spacial score (nSPS) is 17.8. The number of hydrogen-bond acceptors (Lipinski definition) is 10. The fraction of sp³-hybridized carbons (Fsp3) is 0.143. The summed E-state index contributed by atoms with van der Waals surface area (Å²) in [5.74, 6) is -9.25. The Morgan fingerprint density at radius 2 is 0.900 bits per heavy atom. The van der Waals surface area contributed by atoms with Crippen molar-refractivity contribution in [3.63, 3.8) is 0 Å². The van der Waals surface area contributed by atoms with Crippen LogP contribution in [0.5, 0.6) is 0 Å². The van der Waals surface area contributed by atoms with Crippen molar-refractivity contribution in [2.45, 2.75) is 6.16 Å². The van der Waals surface area contributed by atoms with Crippen LogP contribution in [-0.2, 0) is 64.8 Å². The summed E-state index contributed by atoms with van der Waals surface area (Å²) in [7, 11) is 0. The molecule has 0 aliphatic carbocycles. The van der Waals surface area contributed by atoms with Gasteiger partial charge in [0.1, 0.15) is 0 Å². The molecule has 0 saturated carbocycles. The summed E-state index contributed by atoms with van der Waals surface area (Å²) in [5.41, 5.74) is 0. The fourth-order valence-electron chi connectivity index (χ4n) is 0.746. The summed E-state index contributed by atoms with van der Waals surface area (Å²) < 4.78 is 16.3. The average Bonchev–Trinajstić information content (AvgIpc) is 2.68. The van der Waals surface area contributed by atoms with E-state index < -0.39 is 42.0 Å². The van der Waals surface area contributed by atoms with Crippen molar-refractivity contribution in [3.05, 3.63) is 0 Å². The molecule has 0 bridgehead atoms. The smallest absolute Gasteiger partial charge is 0.473 e. The van der Waals surface area contributed by atoms with Gasteiger partial charge < -0.3 is 29.2 Å². The minimum absolute atomic E-state index is 0. The van der Waals surface area contributed by atoms with Crippen LogP contribution in [0.25, 0.3) is 0 Å². The second-order valence-electron chi connectivity index (χ2n) is 2.67. The largest absolute Gasteiger partial charge is 0.621 e. The summed E-state index contributed by atoms with van der Waals surface area (Å²) in [6, 6.07) is 0. The predicted molar refractivity (Wildman–Crippen MR) is 42.4 cm³/mol. The Hall–Kier alpha value is -2.66. The second-order valence-corrected chi connectivity index (χ2v) is 2.67. The number of esters is 4. The van der Waals surface area contributed by atoms with Crippen molar-refractivity contribution < 1.29 is 75.0 Å². The van der Waals surface area contributed by atoms with Crippen LogP contribution in [0.15, 0.2) is 0 Å². The van der Waals surface area contributed by atoms with Crippen LogP contribution in [0.3, 0.4) is 0 Å². The maximum Gasteiger partial charge on any atom is 0.621 e. The second kappa shape index (κ2) is 5.99. The predicted octanol–water partition coefficient (Wildman–Crippen LogP) is -3.05. The Bertz CT molecular complexity index is 424. The average molecular weight is 333 g/mol. The Morgan fingerprint density at radius 1 is 0.700 bits per heavy atom. The fourth-order valence-corrected chi connectivity index (χ4v) is 0.746. The molecule has 0 unspecified atom stereocenters. The number of carboxylic acids is 2. The van der Waals surface area contributed by atoms with E-state index >= 15 is 0 Å². The third-order valence-electron chi connectivity index (χ3n) is 1.39. The summed E-state index contributed by atoms with van der Waals surface area (Å²) in [6.07, 6.45) is -2.62. The number of carbonyl (C=O) groups is 6. The van der Waals surface area contributed by atoms with Gasteiger partial charge in [0.25, 0.3) is 0 Å². The minimum Gasteiger partial charge on any atom is -0.473 e. The standard InChI is InChI=1S/C5O8.C2H2O4.Mn/c6-1-2(7)11-5(10-1)12-3(8)4(9)13-5;3-1(4)2(5)6;/h;(H,3,4)(H,5,6);. The molecule has 2 rings (SSSR count). The van der Waals surface area contributed by atoms with Crippen LogP contribution in [-0.4, -0.2) is 52.2 Å². The van der Waals surface area contributed by atoms with Crippen LogP contribution in [0.2, 0.25) is 0 Å². The van der Waals surface area contributed by atoms with E-state index in [-0.39, 0.29) is 17.1 Å². The minimum atomic E-state index is -2.62. The Labute approximate surface area is 118 Å². The summed E-state index contributed by atoms with van der Waals surface area (Å²) >= 11 is 0. The third kappa shape index (κ3) is 3.66. The first-order valence-corrected chi connectivity index (χ1v) is 4.05. The molecule has 0 atom stereocenters. The molecule has 0 aromatic carbocycles. The zero-order valence-corrected chi connectivity index (χ0v) is 10.0. The van der Waals surface area contributed by atoms with Crippen LogP contribution in [0, 0.1) is 0 Å². The van der Waals surface area contributed by atoms with Gasteiger partial charge in [0.2, 0.25) is 0 Å². The molecule has 20 heavy (non-hydrogen) atoms. The van der Waals surface area contributed by atoms with Crippen molar-refractivity contribution in [3.8, 4) is 0 Å². The molecular formula is C7H2MnO12. The number of hydrogen-bond donors (Lipinski definition) is 2. The van der Waals surface area contributed by atoms with E-state index in [1.165, 1.54) is 0 Å².